The van der Waals surface area contributed by atoms with Gasteiger partial charge in [0.25, 0.3) is 0 Å². The van der Waals surface area contributed by atoms with Crippen LogP contribution in [-0.4, -0.2) is 18.0 Å². The molecule has 0 amide bonds. The monoisotopic (exact) mass is 350 g/mol. The van der Waals surface area contributed by atoms with E-state index < -0.39 is 0 Å². The van der Waals surface area contributed by atoms with Gasteiger partial charge in [-0.1, -0.05) is 45.6 Å². The van der Waals surface area contributed by atoms with Gasteiger partial charge < -0.3 is 9.64 Å². The fraction of sp³-hybridized carbons (Fsp3) is 0.348. The molecule has 0 spiro atoms. The van der Waals surface area contributed by atoms with Crippen molar-refractivity contribution in [3.05, 3.63) is 78.2 Å². The molecule has 0 heterocycles. The summed E-state index contributed by atoms with van der Waals surface area (Å²) in [6.45, 7) is 16.6. The number of unbranched alkanes of at least 4 members (excludes halogenated alkanes) is 1. The average Bonchev–Trinajstić information content (AvgIpc) is 2.65. The fourth-order valence-electron chi connectivity index (χ4n) is 2.54. The third kappa shape index (κ3) is 7.03. The Hall–Kier alpha value is -2.73. The van der Waals surface area contributed by atoms with Gasteiger partial charge in [-0.3, -0.25) is 0 Å². The van der Waals surface area contributed by atoms with E-state index in [1.165, 1.54) is 6.42 Å². The average molecular weight is 351 g/mol. The predicted octanol–water partition coefficient (Wildman–Crippen LogP) is 5.98. The Morgan fingerprint density at radius 3 is 2.58 bits per heavy atom. The highest BCUT2D eigenvalue weighted by Crippen LogP contribution is 2.19. The van der Waals surface area contributed by atoms with Crippen molar-refractivity contribution in [2.24, 2.45) is 0 Å². The Bertz CT molecular complexity index is 707. The Morgan fingerprint density at radius 2 is 1.96 bits per heavy atom. The van der Waals surface area contributed by atoms with E-state index >= 15 is 0 Å². The lowest BCUT2D eigenvalue weighted by atomic mass is 10.1. The fourth-order valence-corrected chi connectivity index (χ4v) is 2.54. The minimum Gasteiger partial charge on any atom is -0.458 e. The normalized spacial score (nSPS) is 11.2. The minimum absolute atomic E-state index is 0.517. The minimum atomic E-state index is 0.517. The van der Waals surface area contributed by atoms with Gasteiger partial charge in [-0.25, -0.2) is 0 Å². The van der Waals surface area contributed by atoms with Crippen molar-refractivity contribution >= 4 is 0 Å². The third-order valence-corrected chi connectivity index (χ3v) is 3.96. The number of nitriles is 1. The number of rotatable bonds is 11. The highest BCUT2D eigenvalue weighted by atomic mass is 16.5. The number of nitrogens with zero attached hydrogens (tertiary/aromatic N) is 2. The topological polar surface area (TPSA) is 36.3 Å². The zero-order chi connectivity index (χ0) is 19.4. The van der Waals surface area contributed by atoms with Crippen LogP contribution in [0.1, 0.15) is 45.6 Å². The SMILES string of the molecule is C=C(/C=C\C(=C/C)C(=C)N(CCC)CCCC)Oc1cccc(C#N)c1. The molecule has 138 valence electrons. The van der Waals surface area contributed by atoms with Crippen LogP contribution < -0.4 is 4.74 Å². The Labute approximate surface area is 158 Å². The van der Waals surface area contributed by atoms with Crippen molar-refractivity contribution in [1.29, 1.82) is 5.26 Å². The second-order valence-electron chi connectivity index (χ2n) is 6.07. The Balaban J connectivity index is 2.76. The number of hydrogen-bond acceptors (Lipinski definition) is 3. The molecule has 0 aliphatic rings. The number of benzene rings is 1. The molecule has 3 nitrogen and oxygen atoms in total. The first-order valence-electron chi connectivity index (χ1n) is 9.21. The van der Waals surface area contributed by atoms with Crippen LogP contribution in [0.4, 0.5) is 0 Å². The lowest BCUT2D eigenvalue weighted by Crippen LogP contribution is -2.25. The van der Waals surface area contributed by atoms with Crippen LogP contribution in [0, 0.1) is 11.3 Å². The summed E-state index contributed by atoms with van der Waals surface area (Å²) in [7, 11) is 0. The molecule has 0 saturated heterocycles. The molecule has 0 saturated carbocycles. The van der Waals surface area contributed by atoms with E-state index in [4.69, 9.17) is 10.00 Å². The summed E-state index contributed by atoms with van der Waals surface area (Å²) >= 11 is 0. The van der Waals surface area contributed by atoms with Gasteiger partial charge in [0.05, 0.1) is 11.6 Å². The quantitative estimate of drug-likeness (QED) is 0.364. The standard InChI is InChI=1S/C23H30N2O/c1-6-9-16-25(15-7-2)20(5)22(8-3)14-13-19(4)26-23-12-10-11-21(17-23)18-24/h8,10-14,17H,4-7,9,15-16H2,1-3H3/b14-13-,22-8+. The van der Waals surface area contributed by atoms with E-state index in [0.29, 0.717) is 17.1 Å². The molecule has 3 heteroatoms. The van der Waals surface area contributed by atoms with Crippen LogP contribution in [-0.2, 0) is 0 Å². The van der Waals surface area contributed by atoms with Crippen molar-refractivity contribution in [3.8, 4) is 11.8 Å². The zero-order valence-corrected chi connectivity index (χ0v) is 16.3. The largest absolute Gasteiger partial charge is 0.458 e. The highest BCUT2D eigenvalue weighted by Gasteiger charge is 2.09. The van der Waals surface area contributed by atoms with E-state index in [-0.39, 0.29) is 0 Å². The Morgan fingerprint density at radius 1 is 1.19 bits per heavy atom. The van der Waals surface area contributed by atoms with Crippen molar-refractivity contribution in [2.45, 2.75) is 40.0 Å². The summed E-state index contributed by atoms with van der Waals surface area (Å²) in [5.74, 6) is 1.12. The van der Waals surface area contributed by atoms with Crippen LogP contribution in [0.15, 0.2) is 72.7 Å². The number of ether oxygens (including phenoxy) is 1. The lowest BCUT2D eigenvalue weighted by Gasteiger charge is -2.27. The second-order valence-corrected chi connectivity index (χ2v) is 6.07. The lowest BCUT2D eigenvalue weighted by molar-refractivity contribution is 0.346. The first-order valence-corrected chi connectivity index (χ1v) is 9.21. The molecule has 0 bridgehead atoms. The van der Waals surface area contributed by atoms with Crippen LogP contribution in [0.25, 0.3) is 0 Å². The molecular formula is C23H30N2O. The van der Waals surface area contributed by atoms with Crippen LogP contribution in [0.3, 0.4) is 0 Å². The van der Waals surface area contributed by atoms with Gasteiger partial charge in [-0.05, 0) is 55.7 Å². The maximum atomic E-state index is 8.96. The smallest absolute Gasteiger partial charge is 0.128 e. The highest BCUT2D eigenvalue weighted by molar-refractivity contribution is 5.40. The van der Waals surface area contributed by atoms with Crippen molar-refractivity contribution in [3.63, 3.8) is 0 Å². The molecule has 0 aliphatic carbocycles. The third-order valence-electron chi connectivity index (χ3n) is 3.96. The summed E-state index contributed by atoms with van der Waals surface area (Å²) in [4.78, 5) is 2.34. The maximum Gasteiger partial charge on any atom is 0.128 e. The second kappa shape index (κ2) is 11.8. The van der Waals surface area contributed by atoms with Crippen LogP contribution >= 0.6 is 0 Å². The van der Waals surface area contributed by atoms with Gasteiger partial charge in [0, 0.05) is 18.8 Å². The van der Waals surface area contributed by atoms with Gasteiger partial charge in [0.15, 0.2) is 0 Å². The maximum absolute atomic E-state index is 8.96. The molecule has 0 N–H and O–H groups in total. The molecule has 0 fully saturated rings. The number of allylic oxidation sites excluding steroid dienone is 3. The summed E-state index contributed by atoms with van der Waals surface area (Å²) in [5.41, 5.74) is 2.65. The molecule has 1 aromatic carbocycles. The van der Waals surface area contributed by atoms with E-state index in [1.54, 1.807) is 18.2 Å². The van der Waals surface area contributed by atoms with E-state index in [2.05, 4.69) is 44.1 Å². The Kier molecular flexibility index (Phi) is 9.64. The zero-order valence-electron chi connectivity index (χ0n) is 16.3. The first kappa shape index (κ1) is 21.3. The molecule has 26 heavy (non-hydrogen) atoms. The van der Waals surface area contributed by atoms with E-state index in [9.17, 15) is 0 Å². The molecule has 1 rings (SSSR count). The van der Waals surface area contributed by atoms with Crippen molar-refractivity contribution < 1.29 is 4.74 Å². The van der Waals surface area contributed by atoms with Crippen molar-refractivity contribution in [2.75, 3.05) is 13.1 Å². The van der Waals surface area contributed by atoms with Crippen molar-refractivity contribution in [1.82, 2.24) is 4.90 Å². The van der Waals surface area contributed by atoms with Gasteiger partial charge in [-0.15, -0.1) is 0 Å². The molecule has 1 aromatic rings. The molecule has 0 aliphatic heterocycles. The molecule has 0 atom stereocenters. The summed E-state index contributed by atoms with van der Waals surface area (Å²) in [6.07, 6.45) is 9.29. The summed E-state index contributed by atoms with van der Waals surface area (Å²) < 4.78 is 5.70. The molecule has 0 aromatic heterocycles. The molecule has 0 unspecified atom stereocenters. The van der Waals surface area contributed by atoms with Gasteiger partial charge in [0.1, 0.15) is 11.5 Å². The molecule has 0 radical (unpaired) electrons. The van der Waals surface area contributed by atoms with Gasteiger partial charge >= 0.3 is 0 Å². The summed E-state index contributed by atoms with van der Waals surface area (Å²) in [6, 6.07) is 9.14. The van der Waals surface area contributed by atoms with Crippen LogP contribution in [0.2, 0.25) is 0 Å². The molecular weight excluding hydrogens is 320 g/mol. The summed E-state index contributed by atoms with van der Waals surface area (Å²) in [5, 5.41) is 8.96. The van der Waals surface area contributed by atoms with Crippen LogP contribution in [0.5, 0.6) is 5.75 Å². The van der Waals surface area contributed by atoms with E-state index in [0.717, 1.165) is 37.2 Å². The van der Waals surface area contributed by atoms with Gasteiger partial charge in [-0.2, -0.15) is 5.26 Å². The first-order chi connectivity index (χ1) is 12.5. The van der Waals surface area contributed by atoms with E-state index in [1.807, 2.05) is 25.1 Å². The predicted molar refractivity (Wildman–Crippen MR) is 110 cm³/mol. The number of hydrogen-bond donors (Lipinski definition) is 0. The van der Waals surface area contributed by atoms with Gasteiger partial charge in [0.2, 0.25) is 0 Å².